The molecule has 0 amide bonds. The minimum absolute atomic E-state index is 0.861. The van der Waals surface area contributed by atoms with E-state index in [4.69, 9.17) is 8.83 Å². The van der Waals surface area contributed by atoms with Gasteiger partial charge in [0, 0.05) is 54.8 Å². The van der Waals surface area contributed by atoms with Crippen LogP contribution in [-0.4, -0.2) is 0 Å². The number of aryl methyl sites for hydroxylation is 4. The van der Waals surface area contributed by atoms with Gasteiger partial charge in [0.15, 0.2) is 11.2 Å². The van der Waals surface area contributed by atoms with Crippen LogP contribution in [0.2, 0.25) is 0 Å². The van der Waals surface area contributed by atoms with E-state index in [2.05, 4.69) is 256 Å². The summed E-state index contributed by atoms with van der Waals surface area (Å²) in [5.41, 5.74) is 19.7. The van der Waals surface area contributed by atoms with E-state index in [1.54, 1.807) is 0 Å². The second-order valence-corrected chi connectivity index (χ2v) is 20.2. The number of benzene rings is 12. The lowest BCUT2D eigenvalue weighted by Gasteiger charge is -2.29. The molecule has 0 saturated heterocycles. The zero-order valence-electron chi connectivity index (χ0n) is 43.3. The second kappa shape index (κ2) is 18.4. The molecular weight excluding hydrogens is 925 g/mol. The predicted molar refractivity (Wildman–Crippen MR) is 322 cm³/mol. The van der Waals surface area contributed by atoms with Crippen LogP contribution in [0.25, 0.3) is 98.4 Å². The van der Waals surface area contributed by atoms with Gasteiger partial charge in [0.05, 0.1) is 22.7 Å². The zero-order valence-corrected chi connectivity index (χ0v) is 43.3. The highest BCUT2D eigenvalue weighted by Crippen LogP contribution is 2.51. The molecule has 0 bridgehead atoms. The Bertz CT molecular complexity index is 4260. The number of nitrogens with zero attached hydrogens (tertiary/aromatic N) is 2. The van der Waals surface area contributed by atoms with E-state index in [9.17, 15) is 0 Å². The van der Waals surface area contributed by atoms with Crippen molar-refractivity contribution in [1.82, 2.24) is 0 Å². The third-order valence-corrected chi connectivity index (χ3v) is 16.1. The normalized spacial score (nSPS) is 11.9. The molecule has 12 aromatic carbocycles. The van der Waals surface area contributed by atoms with Gasteiger partial charge in [-0.05, 0) is 129 Å². The molecule has 0 atom stereocenters. The molecule has 76 heavy (non-hydrogen) atoms. The monoisotopic (exact) mass is 980 g/mol. The first-order valence-corrected chi connectivity index (χ1v) is 27.1. The van der Waals surface area contributed by atoms with Gasteiger partial charge in [-0.1, -0.05) is 198 Å². The van der Waals surface area contributed by atoms with Crippen LogP contribution in [0, 0.1) is 0 Å². The summed E-state index contributed by atoms with van der Waals surface area (Å²) in [4.78, 5) is 4.88. The molecule has 0 aliphatic rings. The van der Waals surface area contributed by atoms with Gasteiger partial charge in [0.1, 0.15) is 11.2 Å². The SMILES string of the molecule is CCc1cccc(N(c2ccc3ccc4c(N(c5cccc(CC)c5)c5cccc6c5oc5c(-c7ccccc7CC)cccc56)ccc5ccc2c3c54)c2cccc3c2oc2c(-c4ccccc4CC)cccc23)c1. The molecular formula is C72H56N2O2. The number of rotatable bonds is 12. The lowest BCUT2D eigenvalue weighted by molar-refractivity contribution is 0.669. The molecule has 2 aromatic heterocycles. The van der Waals surface area contributed by atoms with Crippen molar-refractivity contribution in [2.24, 2.45) is 0 Å². The molecule has 0 radical (unpaired) electrons. The zero-order chi connectivity index (χ0) is 51.0. The van der Waals surface area contributed by atoms with Gasteiger partial charge >= 0.3 is 0 Å². The van der Waals surface area contributed by atoms with Gasteiger partial charge in [-0.25, -0.2) is 0 Å². The minimum Gasteiger partial charge on any atom is -0.453 e. The summed E-state index contributed by atoms with van der Waals surface area (Å²) in [5.74, 6) is 0. The maximum atomic E-state index is 7.25. The summed E-state index contributed by atoms with van der Waals surface area (Å²) < 4.78 is 14.5. The van der Waals surface area contributed by atoms with Crippen molar-refractivity contribution >= 4 is 110 Å². The Morgan fingerprint density at radius 3 is 1.11 bits per heavy atom. The molecule has 4 nitrogen and oxygen atoms in total. The van der Waals surface area contributed by atoms with Gasteiger partial charge in [0.25, 0.3) is 0 Å². The van der Waals surface area contributed by atoms with Crippen molar-refractivity contribution in [3.05, 3.63) is 241 Å². The Hall–Kier alpha value is -9.12. The topological polar surface area (TPSA) is 32.8 Å². The summed E-state index contributed by atoms with van der Waals surface area (Å²) in [6, 6.07) is 80.4. The molecule has 366 valence electrons. The molecule has 0 fully saturated rings. The second-order valence-electron chi connectivity index (χ2n) is 20.2. The molecule has 0 saturated carbocycles. The standard InChI is InChI=1S/C72H56N2O2/c1-5-45-19-13-23-51(43-45)73(65-33-17-31-59-57-29-15-27-55(69(57)75-71(59)65)53-25-11-9-21-47(53)7-3)63-41-37-49-36-40-62-64(42-38-50-35-39-61(63)67(49)68(50)62)74(52-24-14-20-46(6-2)44-52)66-34-18-32-60-58-30-16-28-56(70(58)76-72(60)66)54-26-12-10-22-48(54)8-4/h9-44H,5-8H2,1-4H3. The third-order valence-electron chi connectivity index (χ3n) is 16.1. The first-order chi connectivity index (χ1) is 37.5. The molecule has 14 rings (SSSR count). The van der Waals surface area contributed by atoms with Gasteiger partial charge in [-0.2, -0.15) is 0 Å². The average molecular weight is 981 g/mol. The fraction of sp³-hybridized carbons (Fsp3) is 0.111. The van der Waals surface area contributed by atoms with E-state index >= 15 is 0 Å². The van der Waals surface area contributed by atoms with Crippen LogP contribution in [0.1, 0.15) is 49.9 Å². The van der Waals surface area contributed by atoms with E-state index in [1.165, 1.54) is 65.7 Å². The third kappa shape index (κ3) is 7.12. The predicted octanol–water partition coefficient (Wildman–Crippen LogP) is 20.9. The van der Waals surface area contributed by atoms with Gasteiger partial charge in [0.2, 0.25) is 0 Å². The quantitative estimate of drug-likeness (QED) is 0.114. The van der Waals surface area contributed by atoms with Crippen LogP contribution in [0.3, 0.4) is 0 Å². The van der Waals surface area contributed by atoms with Gasteiger partial charge < -0.3 is 18.6 Å². The Morgan fingerprint density at radius 2 is 0.671 bits per heavy atom. The van der Waals surface area contributed by atoms with Crippen LogP contribution in [0.5, 0.6) is 0 Å². The largest absolute Gasteiger partial charge is 0.453 e. The van der Waals surface area contributed by atoms with Crippen LogP contribution in [-0.2, 0) is 25.7 Å². The van der Waals surface area contributed by atoms with Crippen LogP contribution < -0.4 is 9.80 Å². The first-order valence-electron chi connectivity index (χ1n) is 27.1. The van der Waals surface area contributed by atoms with E-state index < -0.39 is 0 Å². The van der Waals surface area contributed by atoms with Crippen molar-refractivity contribution in [2.45, 2.75) is 53.4 Å². The Morgan fingerprint density at radius 1 is 0.289 bits per heavy atom. The first kappa shape index (κ1) is 45.5. The van der Waals surface area contributed by atoms with Gasteiger partial charge in [-0.15, -0.1) is 0 Å². The highest BCUT2D eigenvalue weighted by molar-refractivity contribution is 6.29. The lowest BCUT2D eigenvalue weighted by atomic mass is 9.91. The molecule has 2 heterocycles. The van der Waals surface area contributed by atoms with Crippen molar-refractivity contribution < 1.29 is 8.83 Å². The molecule has 14 aromatic rings. The van der Waals surface area contributed by atoms with Crippen molar-refractivity contribution in [3.8, 4) is 22.3 Å². The number of fused-ring (bicyclic) bond motifs is 6. The summed E-state index contributed by atoms with van der Waals surface area (Å²) >= 11 is 0. The number of anilines is 6. The lowest BCUT2D eigenvalue weighted by Crippen LogP contribution is -2.12. The Kier molecular flexibility index (Phi) is 11.0. The summed E-state index contributed by atoms with van der Waals surface area (Å²) in [5, 5.41) is 11.6. The Labute approximate surface area is 443 Å². The molecule has 0 spiro atoms. The number of para-hydroxylation sites is 4. The number of furan rings is 2. The molecule has 0 unspecified atom stereocenters. The molecule has 0 aliphatic heterocycles. The number of hydrogen-bond donors (Lipinski definition) is 0. The maximum absolute atomic E-state index is 7.25. The van der Waals surface area contributed by atoms with E-state index in [-0.39, 0.29) is 0 Å². The fourth-order valence-electron chi connectivity index (χ4n) is 12.4. The summed E-state index contributed by atoms with van der Waals surface area (Å²) in [6.07, 6.45) is 3.72. The summed E-state index contributed by atoms with van der Waals surface area (Å²) in [7, 11) is 0. The molecule has 4 heteroatoms. The highest BCUT2D eigenvalue weighted by atomic mass is 16.3. The smallest absolute Gasteiger partial charge is 0.159 e. The van der Waals surface area contributed by atoms with Crippen molar-refractivity contribution in [1.29, 1.82) is 0 Å². The van der Waals surface area contributed by atoms with Crippen LogP contribution in [0.4, 0.5) is 34.1 Å². The fourth-order valence-corrected chi connectivity index (χ4v) is 12.4. The average Bonchev–Trinajstić information content (AvgIpc) is 4.17. The molecule has 0 aliphatic carbocycles. The van der Waals surface area contributed by atoms with Crippen LogP contribution >= 0.6 is 0 Å². The number of hydrogen-bond acceptors (Lipinski definition) is 4. The van der Waals surface area contributed by atoms with Crippen molar-refractivity contribution in [3.63, 3.8) is 0 Å². The minimum atomic E-state index is 0.861. The van der Waals surface area contributed by atoms with Crippen LogP contribution in [0.15, 0.2) is 227 Å². The van der Waals surface area contributed by atoms with E-state index in [0.717, 1.165) is 115 Å². The molecule has 0 N–H and O–H groups in total. The van der Waals surface area contributed by atoms with E-state index in [1.807, 2.05) is 0 Å². The van der Waals surface area contributed by atoms with E-state index in [0.29, 0.717) is 0 Å². The van der Waals surface area contributed by atoms with Gasteiger partial charge in [-0.3, -0.25) is 0 Å². The van der Waals surface area contributed by atoms with Crippen molar-refractivity contribution in [2.75, 3.05) is 9.80 Å². The highest BCUT2D eigenvalue weighted by Gasteiger charge is 2.27. The Balaban J connectivity index is 1.01. The summed E-state index contributed by atoms with van der Waals surface area (Å²) in [6.45, 7) is 8.91. The maximum Gasteiger partial charge on any atom is 0.159 e.